The highest BCUT2D eigenvalue weighted by Gasteiger charge is 2.16. The van der Waals surface area contributed by atoms with Crippen LogP contribution in [0.5, 0.6) is 0 Å². The zero-order valence-electron chi connectivity index (χ0n) is 12.7. The Labute approximate surface area is 145 Å². The molecule has 0 aliphatic heterocycles. The molecule has 0 saturated heterocycles. The van der Waals surface area contributed by atoms with Gasteiger partial charge in [0.2, 0.25) is 0 Å². The Kier molecular flexibility index (Phi) is 5.31. The summed E-state index contributed by atoms with van der Waals surface area (Å²) in [5.74, 6) is -0.0732. The van der Waals surface area contributed by atoms with Crippen molar-refractivity contribution in [1.29, 1.82) is 0 Å². The predicted octanol–water partition coefficient (Wildman–Crippen LogP) is 5.31. The Morgan fingerprint density at radius 2 is 1.74 bits per heavy atom. The maximum Gasteiger partial charge on any atom is 0.262 e. The molecule has 3 rings (SSSR count). The molecule has 3 aromatic rings. The molecule has 1 aromatic heterocycles. The number of hydrogen-bond donors (Lipinski definition) is 1. The van der Waals surface area contributed by atoms with Gasteiger partial charge in [0, 0.05) is 16.6 Å². The van der Waals surface area contributed by atoms with Crippen molar-refractivity contribution in [3.8, 4) is 0 Å². The Morgan fingerprint density at radius 3 is 2.52 bits per heavy atom. The number of thiophene rings is 1. The van der Waals surface area contributed by atoms with E-state index in [1.165, 1.54) is 16.9 Å². The molecule has 0 radical (unpaired) electrons. The van der Waals surface area contributed by atoms with Crippen LogP contribution in [-0.4, -0.2) is 12.5 Å². The summed E-state index contributed by atoms with van der Waals surface area (Å²) in [6, 6.07) is 18.2. The Hall–Kier alpha value is -1.84. The van der Waals surface area contributed by atoms with Crippen LogP contribution in [0.3, 0.4) is 0 Å². The van der Waals surface area contributed by atoms with E-state index in [9.17, 15) is 4.79 Å². The van der Waals surface area contributed by atoms with Crippen LogP contribution in [0.15, 0.2) is 54.6 Å². The maximum absolute atomic E-state index is 12.3. The van der Waals surface area contributed by atoms with Gasteiger partial charge in [-0.15, -0.1) is 11.3 Å². The summed E-state index contributed by atoms with van der Waals surface area (Å²) >= 11 is 7.77. The average Bonchev–Trinajstić information content (AvgIpc) is 2.93. The van der Waals surface area contributed by atoms with Gasteiger partial charge in [0.25, 0.3) is 5.91 Å². The van der Waals surface area contributed by atoms with Crippen molar-refractivity contribution in [3.05, 3.63) is 70.1 Å². The fourth-order valence-electron chi connectivity index (χ4n) is 2.54. The highest BCUT2D eigenvalue weighted by atomic mass is 35.5. The molecule has 0 aliphatic carbocycles. The first kappa shape index (κ1) is 16.0. The molecule has 2 aromatic carbocycles. The van der Waals surface area contributed by atoms with Gasteiger partial charge in [-0.05, 0) is 30.9 Å². The van der Waals surface area contributed by atoms with E-state index in [0.717, 1.165) is 29.3 Å². The number of aryl methyl sites for hydroxylation is 1. The standard InChI is InChI=1S/C19H18ClNOS/c20-17-15-11-4-5-12-16(15)23-18(17)19(22)21-13-7-6-10-14-8-2-1-3-9-14/h1-5,8-9,11-12H,6-7,10,13H2,(H,21,22). The zero-order valence-corrected chi connectivity index (χ0v) is 14.3. The number of unbranched alkanes of at least 4 members (excludes halogenated alkanes) is 1. The van der Waals surface area contributed by atoms with Gasteiger partial charge < -0.3 is 5.32 Å². The third-order valence-corrected chi connectivity index (χ3v) is 5.44. The number of hydrogen-bond acceptors (Lipinski definition) is 2. The van der Waals surface area contributed by atoms with Gasteiger partial charge in [0.05, 0.1) is 5.02 Å². The summed E-state index contributed by atoms with van der Waals surface area (Å²) in [6.45, 7) is 0.677. The van der Waals surface area contributed by atoms with Crippen LogP contribution in [0, 0.1) is 0 Å². The first-order valence-corrected chi connectivity index (χ1v) is 8.94. The van der Waals surface area contributed by atoms with Crippen molar-refractivity contribution in [3.63, 3.8) is 0 Å². The van der Waals surface area contributed by atoms with Crippen LogP contribution in [0.4, 0.5) is 0 Å². The van der Waals surface area contributed by atoms with E-state index in [1.807, 2.05) is 30.3 Å². The van der Waals surface area contributed by atoms with Crippen molar-refractivity contribution in [2.24, 2.45) is 0 Å². The first-order valence-electron chi connectivity index (χ1n) is 7.75. The van der Waals surface area contributed by atoms with Crippen molar-refractivity contribution >= 4 is 38.9 Å². The van der Waals surface area contributed by atoms with Crippen molar-refractivity contribution in [2.75, 3.05) is 6.54 Å². The van der Waals surface area contributed by atoms with Crippen molar-refractivity contribution < 1.29 is 4.79 Å². The molecule has 2 nitrogen and oxygen atoms in total. The third kappa shape index (κ3) is 3.92. The minimum atomic E-state index is -0.0732. The monoisotopic (exact) mass is 343 g/mol. The number of rotatable bonds is 6. The van der Waals surface area contributed by atoms with Crippen LogP contribution >= 0.6 is 22.9 Å². The van der Waals surface area contributed by atoms with E-state index in [4.69, 9.17) is 11.6 Å². The third-order valence-electron chi connectivity index (χ3n) is 3.76. The number of fused-ring (bicyclic) bond motifs is 1. The van der Waals surface area contributed by atoms with Gasteiger partial charge in [0.15, 0.2) is 0 Å². The molecule has 1 heterocycles. The summed E-state index contributed by atoms with van der Waals surface area (Å²) in [5, 5.41) is 4.49. The van der Waals surface area contributed by atoms with Crippen molar-refractivity contribution in [1.82, 2.24) is 5.32 Å². The molecule has 118 valence electrons. The summed E-state index contributed by atoms with van der Waals surface area (Å²) < 4.78 is 1.05. The lowest BCUT2D eigenvalue weighted by molar-refractivity contribution is 0.0957. The Morgan fingerprint density at radius 1 is 1.00 bits per heavy atom. The quantitative estimate of drug-likeness (QED) is 0.604. The zero-order chi connectivity index (χ0) is 16.1. The summed E-state index contributed by atoms with van der Waals surface area (Å²) in [6.07, 6.45) is 3.06. The second-order valence-corrected chi connectivity index (χ2v) is 6.87. The highest BCUT2D eigenvalue weighted by molar-refractivity contribution is 7.21. The molecule has 0 fully saturated rings. The molecular weight excluding hydrogens is 326 g/mol. The topological polar surface area (TPSA) is 29.1 Å². The van der Waals surface area contributed by atoms with Crippen LogP contribution in [0.2, 0.25) is 5.02 Å². The van der Waals surface area contributed by atoms with Gasteiger partial charge in [-0.3, -0.25) is 4.79 Å². The number of carbonyl (C=O) groups excluding carboxylic acids is 1. The van der Waals surface area contributed by atoms with Gasteiger partial charge in [0.1, 0.15) is 4.88 Å². The van der Waals surface area contributed by atoms with E-state index in [0.29, 0.717) is 16.4 Å². The lowest BCUT2D eigenvalue weighted by Gasteiger charge is -2.04. The normalized spacial score (nSPS) is 10.8. The van der Waals surface area contributed by atoms with E-state index in [-0.39, 0.29) is 5.91 Å². The lowest BCUT2D eigenvalue weighted by Crippen LogP contribution is -2.23. The molecule has 0 aliphatic rings. The number of benzene rings is 2. The second-order valence-electron chi connectivity index (χ2n) is 5.44. The molecule has 0 unspecified atom stereocenters. The molecular formula is C19H18ClNOS. The molecule has 0 saturated carbocycles. The second kappa shape index (κ2) is 7.62. The van der Waals surface area contributed by atoms with Gasteiger partial charge in [-0.1, -0.05) is 60.1 Å². The van der Waals surface area contributed by atoms with E-state index >= 15 is 0 Å². The van der Waals surface area contributed by atoms with Crippen molar-refractivity contribution in [2.45, 2.75) is 19.3 Å². The van der Waals surface area contributed by atoms with Crippen LogP contribution in [-0.2, 0) is 6.42 Å². The molecule has 0 spiro atoms. The van der Waals surface area contributed by atoms with E-state index in [2.05, 4.69) is 29.6 Å². The maximum atomic E-state index is 12.3. The number of nitrogens with one attached hydrogen (secondary N) is 1. The number of halogens is 1. The molecule has 1 N–H and O–H groups in total. The first-order chi connectivity index (χ1) is 11.3. The predicted molar refractivity (Wildman–Crippen MR) is 98.5 cm³/mol. The molecule has 23 heavy (non-hydrogen) atoms. The lowest BCUT2D eigenvalue weighted by atomic mass is 10.1. The van der Waals surface area contributed by atoms with Crippen LogP contribution in [0.25, 0.3) is 10.1 Å². The molecule has 0 bridgehead atoms. The minimum Gasteiger partial charge on any atom is -0.351 e. The smallest absolute Gasteiger partial charge is 0.262 e. The number of carbonyl (C=O) groups is 1. The van der Waals surface area contributed by atoms with Gasteiger partial charge >= 0.3 is 0 Å². The van der Waals surface area contributed by atoms with Gasteiger partial charge in [-0.25, -0.2) is 0 Å². The van der Waals surface area contributed by atoms with Crippen LogP contribution in [0.1, 0.15) is 28.1 Å². The molecule has 0 atom stereocenters. The van der Waals surface area contributed by atoms with E-state index in [1.54, 1.807) is 0 Å². The number of amides is 1. The Bertz CT molecular complexity index is 797. The van der Waals surface area contributed by atoms with Gasteiger partial charge in [-0.2, -0.15) is 0 Å². The largest absolute Gasteiger partial charge is 0.351 e. The van der Waals surface area contributed by atoms with E-state index < -0.39 is 0 Å². The molecule has 4 heteroatoms. The summed E-state index contributed by atoms with van der Waals surface area (Å²) in [4.78, 5) is 12.9. The Balaban J connectivity index is 1.50. The molecule has 1 amide bonds. The fourth-order valence-corrected chi connectivity index (χ4v) is 3.97. The fraction of sp³-hybridized carbons (Fsp3) is 0.211. The minimum absolute atomic E-state index is 0.0732. The highest BCUT2D eigenvalue weighted by Crippen LogP contribution is 2.34. The summed E-state index contributed by atoms with van der Waals surface area (Å²) in [5.41, 5.74) is 1.34. The SMILES string of the molecule is O=C(NCCCCc1ccccc1)c1sc2ccccc2c1Cl. The average molecular weight is 344 g/mol. The summed E-state index contributed by atoms with van der Waals surface area (Å²) in [7, 11) is 0. The van der Waals surface area contributed by atoms with Crippen LogP contribution < -0.4 is 5.32 Å².